The van der Waals surface area contributed by atoms with Gasteiger partial charge in [-0.05, 0) is 65.3 Å². The molecule has 1 fully saturated rings. The van der Waals surface area contributed by atoms with Crippen LogP contribution in [0.25, 0.3) is 0 Å². The van der Waals surface area contributed by atoms with E-state index in [0.29, 0.717) is 30.3 Å². The quantitative estimate of drug-likeness (QED) is 0.841. The zero-order valence-corrected chi connectivity index (χ0v) is 12.9. The fourth-order valence-electron chi connectivity index (χ4n) is 2.98. The van der Waals surface area contributed by atoms with Crippen molar-refractivity contribution in [1.29, 1.82) is 0 Å². The van der Waals surface area contributed by atoms with Crippen LogP contribution in [0, 0.1) is 0 Å². The predicted octanol–water partition coefficient (Wildman–Crippen LogP) is 2.55. The standard InChI is InChI=1S/C16H28N2O2/c1-12(2)18-8-6-14(7-9-18)17-13(3)11-15(19)16-5-4-10-20-16/h4-5,10,12-15,17,19H,6-9,11H2,1-3H3/t13-,15-/m0/s1. The smallest absolute Gasteiger partial charge is 0.132 e. The molecule has 114 valence electrons. The number of aliphatic hydroxyl groups is 1. The van der Waals surface area contributed by atoms with E-state index >= 15 is 0 Å². The Morgan fingerprint density at radius 3 is 2.60 bits per heavy atom. The largest absolute Gasteiger partial charge is 0.467 e. The molecule has 1 aromatic heterocycles. The lowest BCUT2D eigenvalue weighted by Crippen LogP contribution is -2.47. The minimum atomic E-state index is -0.511. The van der Waals surface area contributed by atoms with Gasteiger partial charge in [0.25, 0.3) is 0 Å². The molecule has 2 N–H and O–H groups in total. The Kier molecular flexibility index (Phi) is 5.64. The summed E-state index contributed by atoms with van der Waals surface area (Å²) in [6.45, 7) is 9.00. The Hall–Kier alpha value is -0.840. The van der Waals surface area contributed by atoms with E-state index in [-0.39, 0.29) is 0 Å². The molecule has 0 spiro atoms. The van der Waals surface area contributed by atoms with E-state index in [1.54, 1.807) is 6.26 Å². The summed E-state index contributed by atoms with van der Waals surface area (Å²) in [5.41, 5.74) is 0. The minimum absolute atomic E-state index is 0.297. The highest BCUT2D eigenvalue weighted by molar-refractivity contribution is 5.02. The summed E-state index contributed by atoms with van der Waals surface area (Å²) in [6, 6.07) is 5.17. The number of nitrogens with one attached hydrogen (secondary N) is 1. The summed E-state index contributed by atoms with van der Waals surface area (Å²) in [4.78, 5) is 2.53. The molecule has 4 nitrogen and oxygen atoms in total. The molecule has 1 aromatic rings. The Labute approximate surface area is 122 Å². The third kappa shape index (κ3) is 4.33. The Balaban J connectivity index is 1.71. The number of aliphatic hydroxyl groups excluding tert-OH is 1. The van der Waals surface area contributed by atoms with Gasteiger partial charge in [0, 0.05) is 18.1 Å². The minimum Gasteiger partial charge on any atom is -0.467 e. The van der Waals surface area contributed by atoms with Crippen LogP contribution >= 0.6 is 0 Å². The van der Waals surface area contributed by atoms with Gasteiger partial charge in [-0.3, -0.25) is 0 Å². The van der Waals surface area contributed by atoms with Crippen molar-refractivity contribution in [3.05, 3.63) is 24.2 Å². The van der Waals surface area contributed by atoms with Crippen LogP contribution in [-0.2, 0) is 0 Å². The number of furan rings is 1. The van der Waals surface area contributed by atoms with Gasteiger partial charge in [-0.15, -0.1) is 0 Å². The lowest BCUT2D eigenvalue weighted by atomic mass is 10.0. The zero-order chi connectivity index (χ0) is 14.5. The molecule has 1 aliphatic heterocycles. The summed E-state index contributed by atoms with van der Waals surface area (Å²) >= 11 is 0. The van der Waals surface area contributed by atoms with Gasteiger partial charge in [0.1, 0.15) is 11.9 Å². The van der Waals surface area contributed by atoms with Crippen LogP contribution in [0.2, 0.25) is 0 Å². The average Bonchev–Trinajstić information content (AvgIpc) is 2.93. The summed E-state index contributed by atoms with van der Waals surface area (Å²) in [5, 5.41) is 13.7. The summed E-state index contributed by atoms with van der Waals surface area (Å²) in [6.07, 6.45) is 4.18. The molecular weight excluding hydrogens is 252 g/mol. The molecular formula is C16H28N2O2. The topological polar surface area (TPSA) is 48.6 Å². The van der Waals surface area contributed by atoms with Crippen molar-refractivity contribution in [1.82, 2.24) is 10.2 Å². The van der Waals surface area contributed by atoms with E-state index in [4.69, 9.17) is 4.42 Å². The second-order valence-corrected chi connectivity index (χ2v) is 6.24. The fourth-order valence-corrected chi connectivity index (χ4v) is 2.98. The molecule has 2 atom stereocenters. The Morgan fingerprint density at radius 2 is 2.05 bits per heavy atom. The second-order valence-electron chi connectivity index (χ2n) is 6.24. The molecule has 0 aliphatic carbocycles. The van der Waals surface area contributed by atoms with Crippen molar-refractivity contribution in [3.8, 4) is 0 Å². The van der Waals surface area contributed by atoms with E-state index in [1.165, 1.54) is 25.9 Å². The average molecular weight is 280 g/mol. The number of piperidine rings is 1. The van der Waals surface area contributed by atoms with Crippen LogP contribution in [0.4, 0.5) is 0 Å². The monoisotopic (exact) mass is 280 g/mol. The van der Waals surface area contributed by atoms with Crippen LogP contribution in [0.3, 0.4) is 0 Å². The molecule has 0 saturated carbocycles. The highest BCUT2D eigenvalue weighted by Crippen LogP contribution is 2.20. The van der Waals surface area contributed by atoms with Crippen LogP contribution < -0.4 is 5.32 Å². The lowest BCUT2D eigenvalue weighted by Gasteiger charge is -2.36. The van der Waals surface area contributed by atoms with E-state index in [1.807, 2.05) is 12.1 Å². The van der Waals surface area contributed by atoms with Gasteiger partial charge in [0.05, 0.1) is 6.26 Å². The summed E-state index contributed by atoms with van der Waals surface area (Å²) in [7, 11) is 0. The normalized spacial score (nSPS) is 21.2. The van der Waals surface area contributed by atoms with E-state index in [0.717, 1.165) is 0 Å². The first-order valence-corrected chi connectivity index (χ1v) is 7.78. The van der Waals surface area contributed by atoms with E-state index in [9.17, 15) is 5.11 Å². The molecule has 4 heteroatoms. The predicted molar refractivity (Wildman–Crippen MR) is 80.6 cm³/mol. The Morgan fingerprint density at radius 1 is 1.35 bits per heavy atom. The number of hydrogen-bond acceptors (Lipinski definition) is 4. The van der Waals surface area contributed by atoms with Crippen molar-refractivity contribution >= 4 is 0 Å². The van der Waals surface area contributed by atoms with Crippen LogP contribution in [0.1, 0.15) is 51.9 Å². The van der Waals surface area contributed by atoms with Gasteiger partial charge in [-0.25, -0.2) is 0 Å². The zero-order valence-electron chi connectivity index (χ0n) is 12.9. The maximum absolute atomic E-state index is 10.1. The van der Waals surface area contributed by atoms with Gasteiger partial charge in [0.15, 0.2) is 0 Å². The van der Waals surface area contributed by atoms with E-state index in [2.05, 4.69) is 31.0 Å². The van der Waals surface area contributed by atoms with Gasteiger partial charge < -0.3 is 19.7 Å². The molecule has 1 aliphatic rings. The van der Waals surface area contributed by atoms with Crippen molar-refractivity contribution in [3.63, 3.8) is 0 Å². The van der Waals surface area contributed by atoms with Gasteiger partial charge in [0.2, 0.25) is 0 Å². The second kappa shape index (κ2) is 7.25. The fraction of sp³-hybridized carbons (Fsp3) is 0.750. The van der Waals surface area contributed by atoms with Crippen molar-refractivity contribution in [2.75, 3.05) is 13.1 Å². The molecule has 0 radical (unpaired) electrons. The number of nitrogens with zero attached hydrogens (tertiary/aromatic N) is 1. The molecule has 2 rings (SSSR count). The maximum atomic E-state index is 10.1. The molecule has 20 heavy (non-hydrogen) atoms. The first-order valence-electron chi connectivity index (χ1n) is 7.78. The first kappa shape index (κ1) is 15.5. The van der Waals surface area contributed by atoms with Crippen molar-refractivity contribution < 1.29 is 9.52 Å². The van der Waals surface area contributed by atoms with Crippen molar-refractivity contribution in [2.45, 2.75) is 64.3 Å². The highest BCUT2D eigenvalue weighted by atomic mass is 16.4. The number of hydrogen-bond donors (Lipinski definition) is 2. The summed E-state index contributed by atoms with van der Waals surface area (Å²) in [5.74, 6) is 0.660. The molecule has 0 aromatic carbocycles. The molecule has 1 saturated heterocycles. The number of likely N-dealkylation sites (tertiary alicyclic amines) is 1. The molecule has 2 heterocycles. The first-order chi connectivity index (χ1) is 9.56. The van der Waals surface area contributed by atoms with Gasteiger partial charge in [-0.1, -0.05) is 0 Å². The lowest BCUT2D eigenvalue weighted by molar-refractivity contribution is 0.117. The molecule has 0 amide bonds. The number of rotatable bonds is 6. The van der Waals surface area contributed by atoms with E-state index < -0.39 is 6.10 Å². The third-order valence-electron chi connectivity index (χ3n) is 4.23. The van der Waals surface area contributed by atoms with Crippen LogP contribution in [0.15, 0.2) is 22.8 Å². The SMILES string of the molecule is CC(C)N1CCC(N[C@@H](C)C[C@H](O)c2ccco2)CC1. The summed E-state index contributed by atoms with van der Waals surface area (Å²) < 4.78 is 5.24. The van der Waals surface area contributed by atoms with Gasteiger partial charge >= 0.3 is 0 Å². The van der Waals surface area contributed by atoms with Gasteiger partial charge in [-0.2, -0.15) is 0 Å². The maximum Gasteiger partial charge on any atom is 0.132 e. The molecule has 0 unspecified atom stereocenters. The molecule has 0 bridgehead atoms. The van der Waals surface area contributed by atoms with Crippen molar-refractivity contribution in [2.24, 2.45) is 0 Å². The highest BCUT2D eigenvalue weighted by Gasteiger charge is 2.23. The third-order valence-corrected chi connectivity index (χ3v) is 4.23. The Bertz CT molecular complexity index is 370. The van der Waals surface area contributed by atoms with Crippen LogP contribution in [-0.4, -0.2) is 41.2 Å². The van der Waals surface area contributed by atoms with Crippen LogP contribution in [0.5, 0.6) is 0 Å².